The van der Waals surface area contributed by atoms with Gasteiger partial charge in [0.15, 0.2) is 0 Å². The van der Waals surface area contributed by atoms with Gasteiger partial charge < -0.3 is 9.94 Å². The van der Waals surface area contributed by atoms with Crippen molar-refractivity contribution in [3.63, 3.8) is 0 Å². The molecule has 0 radical (unpaired) electrons. The number of hydrogen-bond acceptors (Lipinski definition) is 3. The van der Waals surface area contributed by atoms with Crippen molar-refractivity contribution < 1.29 is 14.7 Å². The maximum absolute atomic E-state index is 10.9. The van der Waals surface area contributed by atoms with Crippen LogP contribution in [0.1, 0.15) is 5.56 Å². The minimum atomic E-state index is -0.932. The molecule has 0 aliphatic carbocycles. The summed E-state index contributed by atoms with van der Waals surface area (Å²) < 4.78 is 0.942. The summed E-state index contributed by atoms with van der Waals surface area (Å²) >= 11 is 3.34. The van der Waals surface area contributed by atoms with E-state index in [-0.39, 0.29) is 6.54 Å². The molecule has 20 heavy (non-hydrogen) atoms. The standard InChI is InChI=1S/C15H14BrNO3/c16-13-6-8-14(9-7-13)20-17(11-15(18)19)10-12-4-2-1-3-5-12/h1-9H,10-11H2,(H,18,19). The van der Waals surface area contributed by atoms with Crippen LogP contribution in [0.25, 0.3) is 0 Å². The van der Waals surface area contributed by atoms with Crippen LogP contribution in [0.15, 0.2) is 59.1 Å². The van der Waals surface area contributed by atoms with Crippen molar-refractivity contribution in [2.24, 2.45) is 0 Å². The van der Waals surface area contributed by atoms with Gasteiger partial charge in [0.25, 0.3) is 0 Å². The number of carboxylic acid groups (broad SMARTS) is 1. The van der Waals surface area contributed by atoms with Crippen molar-refractivity contribution in [1.82, 2.24) is 5.06 Å². The Morgan fingerprint density at radius 2 is 1.75 bits per heavy atom. The molecule has 0 heterocycles. The zero-order valence-electron chi connectivity index (χ0n) is 10.7. The van der Waals surface area contributed by atoms with Crippen molar-refractivity contribution in [1.29, 1.82) is 0 Å². The van der Waals surface area contributed by atoms with E-state index >= 15 is 0 Å². The van der Waals surface area contributed by atoms with Crippen molar-refractivity contribution in [2.45, 2.75) is 6.54 Å². The predicted molar refractivity (Wildman–Crippen MR) is 79.3 cm³/mol. The molecule has 2 aromatic carbocycles. The number of rotatable bonds is 6. The lowest BCUT2D eigenvalue weighted by atomic mass is 10.2. The second kappa shape index (κ2) is 7.07. The summed E-state index contributed by atoms with van der Waals surface area (Å²) in [6.45, 7) is 0.216. The van der Waals surface area contributed by atoms with E-state index < -0.39 is 5.97 Å². The van der Waals surface area contributed by atoms with E-state index in [0.717, 1.165) is 10.0 Å². The number of halogens is 1. The normalized spacial score (nSPS) is 10.5. The monoisotopic (exact) mass is 335 g/mol. The zero-order chi connectivity index (χ0) is 14.4. The molecule has 4 nitrogen and oxygen atoms in total. The maximum atomic E-state index is 10.9. The zero-order valence-corrected chi connectivity index (χ0v) is 12.3. The summed E-state index contributed by atoms with van der Waals surface area (Å²) in [6.07, 6.45) is 0. The summed E-state index contributed by atoms with van der Waals surface area (Å²) in [4.78, 5) is 16.5. The van der Waals surface area contributed by atoms with E-state index in [4.69, 9.17) is 9.94 Å². The fourth-order valence-corrected chi connectivity index (χ4v) is 1.97. The first-order valence-corrected chi connectivity index (χ1v) is 6.87. The number of nitrogens with zero attached hydrogens (tertiary/aromatic N) is 1. The van der Waals surface area contributed by atoms with E-state index in [0.29, 0.717) is 12.3 Å². The van der Waals surface area contributed by atoms with Crippen molar-refractivity contribution in [2.75, 3.05) is 6.54 Å². The molecule has 104 valence electrons. The predicted octanol–water partition coefficient (Wildman–Crippen LogP) is 3.33. The minimum absolute atomic E-state index is 0.190. The quantitative estimate of drug-likeness (QED) is 0.822. The highest BCUT2D eigenvalue weighted by molar-refractivity contribution is 9.10. The SMILES string of the molecule is O=C(O)CN(Cc1ccccc1)Oc1ccc(Br)cc1. The topological polar surface area (TPSA) is 49.8 Å². The molecule has 2 rings (SSSR count). The fraction of sp³-hybridized carbons (Fsp3) is 0.133. The number of hydroxylamine groups is 2. The highest BCUT2D eigenvalue weighted by atomic mass is 79.9. The molecule has 0 fully saturated rings. The van der Waals surface area contributed by atoms with E-state index in [1.807, 2.05) is 42.5 Å². The Kier molecular flexibility index (Phi) is 5.15. The van der Waals surface area contributed by atoms with E-state index in [2.05, 4.69) is 15.9 Å². The summed E-state index contributed by atoms with van der Waals surface area (Å²) in [5, 5.41) is 10.4. The Morgan fingerprint density at radius 1 is 1.10 bits per heavy atom. The largest absolute Gasteiger partial charge is 0.480 e. The molecule has 5 heteroatoms. The van der Waals surface area contributed by atoms with Crippen LogP contribution in [0.4, 0.5) is 0 Å². The number of benzene rings is 2. The molecule has 0 saturated carbocycles. The van der Waals surface area contributed by atoms with Gasteiger partial charge in [0.1, 0.15) is 12.3 Å². The highest BCUT2D eigenvalue weighted by Crippen LogP contribution is 2.18. The molecule has 2 aromatic rings. The fourth-order valence-electron chi connectivity index (χ4n) is 1.70. The van der Waals surface area contributed by atoms with Gasteiger partial charge in [-0.1, -0.05) is 46.3 Å². The second-order valence-corrected chi connectivity index (χ2v) is 5.14. The van der Waals surface area contributed by atoms with Crippen LogP contribution in [-0.4, -0.2) is 22.7 Å². The van der Waals surface area contributed by atoms with Gasteiger partial charge in [-0.05, 0) is 29.8 Å². The average Bonchev–Trinajstić information content (AvgIpc) is 2.42. The summed E-state index contributed by atoms with van der Waals surface area (Å²) in [5.41, 5.74) is 0.992. The number of carboxylic acids is 1. The summed E-state index contributed by atoms with van der Waals surface area (Å²) in [7, 11) is 0. The lowest BCUT2D eigenvalue weighted by Gasteiger charge is -2.20. The first-order chi connectivity index (χ1) is 9.63. The minimum Gasteiger partial charge on any atom is -0.480 e. The Morgan fingerprint density at radius 3 is 2.35 bits per heavy atom. The van der Waals surface area contributed by atoms with Gasteiger partial charge in [-0.3, -0.25) is 4.79 Å². The molecule has 1 N–H and O–H groups in total. The molecular weight excluding hydrogens is 322 g/mol. The Hall–Kier alpha value is -1.85. The van der Waals surface area contributed by atoms with Gasteiger partial charge in [-0.15, -0.1) is 5.06 Å². The first kappa shape index (κ1) is 14.6. The third kappa shape index (κ3) is 4.68. The molecule has 0 spiro atoms. The van der Waals surface area contributed by atoms with Crippen molar-refractivity contribution >= 4 is 21.9 Å². The van der Waals surface area contributed by atoms with Crippen molar-refractivity contribution in [3.05, 3.63) is 64.6 Å². The molecule has 0 bridgehead atoms. The molecule has 0 unspecified atom stereocenters. The Labute approximate surface area is 125 Å². The van der Waals surface area contributed by atoms with Crippen LogP contribution in [-0.2, 0) is 11.3 Å². The summed E-state index contributed by atoms with van der Waals surface area (Å²) in [5.74, 6) is -0.330. The van der Waals surface area contributed by atoms with E-state index in [9.17, 15) is 4.79 Å². The van der Waals surface area contributed by atoms with Gasteiger partial charge in [-0.25, -0.2) is 0 Å². The van der Waals surface area contributed by atoms with Gasteiger partial charge in [-0.2, -0.15) is 0 Å². The highest BCUT2D eigenvalue weighted by Gasteiger charge is 2.12. The second-order valence-electron chi connectivity index (χ2n) is 4.22. The average molecular weight is 336 g/mol. The maximum Gasteiger partial charge on any atom is 0.321 e. The third-order valence-corrected chi connectivity index (χ3v) is 3.09. The number of hydrogen-bond donors (Lipinski definition) is 1. The molecule has 0 aromatic heterocycles. The van der Waals surface area contributed by atoms with Crippen LogP contribution in [0.2, 0.25) is 0 Å². The van der Waals surface area contributed by atoms with Crippen LogP contribution in [0.3, 0.4) is 0 Å². The van der Waals surface area contributed by atoms with Crippen LogP contribution in [0, 0.1) is 0 Å². The van der Waals surface area contributed by atoms with E-state index in [1.54, 1.807) is 12.1 Å². The van der Waals surface area contributed by atoms with E-state index in [1.165, 1.54) is 5.06 Å². The molecule has 0 amide bonds. The molecule has 0 saturated heterocycles. The smallest absolute Gasteiger partial charge is 0.321 e. The van der Waals surface area contributed by atoms with Gasteiger partial charge in [0.2, 0.25) is 0 Å². The molecular formula is C15H14BrNO3. The Bertz CT molecular complexity index is 557. The first-order valence-electron chi connectivity index (χ1n) is 6.08. The lowest BCUT2D eigenvalue weighted by molar-refractivity contribution is -0.149. The van der Waals surface area contributed by atoms with Crippen LogP contribution < -0.4 is 4.84 Å². The van der Waals surface area contributed by atoms with Crippen LogP contribution in [0.5, 0.6) is 5.75 Å². The van der Waals surface area contributed by atoms with Gasteiger partial charge in [0.05, 0.1) is 6.54 Å². The third-order valence-electron chi connectivity index (χ3n) is 2.56. The number of carbonyl (C=O) groups is 1. The number of aliphatic carboxylic acids is 1. The molecule has 0 aliphatic heterocycles. The Balaban J connectivity index is 2.07. The van der Waals surface area contributed by atoms with Gasteiger partial charge >= 0.3 is 5.97 Å². The van der Waals surface area contributed by atoms with Crippen LogP contribution >= 0.6 is 15.9 Å². The van der Waals surface area contributed by atoms with Gasteiger partial charge in [0, 0.05) is 4.47 Å². The summed E-state index contributed by atoms with van der Waals surface area (Å²) in [6, 6.07) is 16.9. The molecule has 0 aliphatic rings. The van der Waals surface area contributed by atoms with Crippen molar-refractivity contribution in [3.8, 4) is 5.75 Å². The molecule has 0 atom stereocenters. The lowest BCUT2D eigenvalue weighted by Crippen LogP contribution is -2.32.